The van der Waals surface area contributed by atoms with Crippen LogP contribution in [-0.4, -0.2) is 30.3 Å². The van der Waals surface area contributed by atoms with Crippen molar-refractivity contribution in [3.8, 4) is 0 Å². The average molecular weight is 316 g/mol. The highest BCUT2D eigenvalue weighted by Gasteiger charge is 2.42. The van der Waals surface area contributed by atoms with Gasteiger partial charge in [0.15, 0.2) is 0 Å². The molecule has 1 aliphatic carbocycles. The van der Waals surface area contributed by atoms with Crippen LogP contribution in [0.5, 0.6) is 0 Å². The summed E-state index contributed by atoms with van der Waals surface area (Å²) < 4.78 is 43.0. The molecule has 1 aromatic rings. The van der Waals surface area contributed by atoms with Gasteiger partial charge in [-0.15, -0.1) is 0 Å². The number of aryl methyl sites for hydroxylation is 1. The second-order valence-electron chi connectivity index (χ2n) is 5.57. The van der Waals surface area contributed by atoms with Crippen molar-refractivity contribution in [2.75, 3.05) is 12.4 Å². The number of ether oxygens (including phenoxy) is 1. The van der Waals surface area contributed by atoms with Crippen molar-refractivity contribution in [1.29, 1.82) is 0 Å². The predicted molar refractivity (Wildman–Crippen MR) is 75.7 cm³/mol. The van der Waals surface area contributed by atoms with Crippen LogP contribution in [0.15, 0.2) is 12.1 Å². The van der Waals surface area contributed by atoms with Crippen molar-refractivity contribution in [2.45, 2.75) is 44.8 Å². The lowest BCUT2D eigenvalue weighted by molar-refractivity contribution is -0.182. The average Bonchev–Trinajstić information content (AvgIpc) is 2.46. The number of aromatic nitrogens is 1. The van der Waals surface area contributed by atoms with Gasteiger partial charge in [-0.25, -0.2) is 9.78 Å². The van der Waals surface area contributed by atoms with E-state index in [9.17, 15) is 18.0 Å². The molecule has 0 amide bonds. The Morgan fingerprint density at radius 3 is 2.68 bits per heavy atom. The number of carbonyl (C=O) groups excluding carboxylic acids is 1. The van der Waals surface area contributed by atoms with Crippen LogP contribution < -0.4 is 5.32 Å². The van der Waals surface area contributed by atoms with Crippen LogP contribution in [0.1, 0.15) is 41.7 Å². The number of nitrogens with zero attached hydrogens (tertiary/aromatic N) is 1. The number of rotatable bonds is 3. The Morgan fingerprint density at radius 2 is 2.09 bits per heavy atom. The minimum Gasteiger partial charge on any atom is -0.465 e. The topological polar surface area (TPSA) is 51.2 Å². The van der Waals surface area contributed by atoms with E-state index in [4.69, 9.17) is 0 Å². The van der Waals surface area contributed by atoms with Gasteiger partial charge in [-0.3, -0.25) is 0 Å². The third kappa shape index (κ3) is 3.90. The predicted octanol–water partition coefficient (Wildman–Crippen LogP) is 3.71. The van der Waals surface area contributed by atoms with E-state index in [-0.39, 0.29) is 18.9 Å². The molecular formula is C15H19F3N2O2. The Hall–Kier alpha value is -1.79. The summed E-state index contributed by atoms with van der Waals surface area (Å²) in [6.07, 6.45) is -2.66. The van der Waals surface area contributed by atoms with Crippen molar-refractivity contribution < 1.29 is 22.7 Å². The number of methoxy groups -OCH3 is 1. The molecule has 1 saturated carbocycles. The maximum Gasteiger partial charge on any atom is 0.391 e. The van der Waals surface area contributed by atoms with Gasteiger partial charge >= 0.3 is 12.1 Å². The number of nitrogens with one attached hydrogen (secondary N) is 1. The first-order valence-electron chi connectivity index (χ1n) is 7.20. The summed E-state index contributed by atoms with van der Waals surface area (Å²) in [6, 6.07) is 2.91. The molecular weight excluding hydrogens is 297 g/mol. The molecule has 22 heavy (non-hydrogen) atoms. The van der Waals surface area contributed by atoms with E-state index in [1.807, 2.05) is 0 Å². The normalized spacial score (nSPS) is 22.2. The molecule has 0 aliphatic heterocycles. The molecule has 4 nitrogen and oxygen atoms in total. The zero-order valence-corrected chi connectivity index (χ0v) is 12.5. The second-order valence-corrected chi connectivity index (χ2v) is 5.57. The lowest BCUT2D eigenvalue weighted by Crippen LogP contribution is -2.34. The number of pyridine rings is 1. The minimum atomic E-state index is -4.14. The first-order valence-corrected chi connectivity index (χ1v) is 7.20. The molecule has 1 heterocycles. The van der Waals surface area contributed by atoms with Gasteiger partial charge in [-0.1, -0.05) is 6.42 Å². The molecule has 0 spiro atoms. The maximum atomic E-state index is 12.8. The highest BCUT2D eigenvalue weighted by atomic mass is 19.4. The van der Waals surface area contributed by atoms with Gasteiger partial charge in [0.2, 0.25) is 0 Å². The van der Waals surface area contributed by atoms with Crippen LogP contribution in [0.4, 0.5) is 19.0 Å². The summed E-state index contributed by atoms with van der Waals surface area (Å²) in [5.41, 5.74) is 0.838. The van der Waals surface area contributed by atoms with Crippen molar-refractivity contribution in [2.24, 2.45) is 5.92 Å². The molecule has 2 atom stereocenters. The van der Waals surface area contributed by atoms with Crippen LogP contribution in [0.25, 0.3) is 0 Å². The fourth-order valence-electron chi connectivity index (χ4n) is 2.79. The third-order valence-corrected chi connectivity index (χ3v) is 3.98. The molecule has 0 aromatic carbocycles. The number of halogens is 3. The third-order valence-electron chi connectivity index (χ3n) is 3.98. The van der Waals surface area contributed by atoms with Gasteiger partial charge in [0.25, 0.3) is 0 Å². The van der Waals surface area contributed by atoms with E-state index in [0.29, 0.717) is 29.9 Å². The Bertz CT molecular complexity index is 546. The quantitative estimate of drug-likeness (QED) is 0.864. The van der Waals surface area contributed by atoms with Crippen LogP contribution >= 0.6 is 0 Å². The lowest BCUT2D eigenvalue weighted by Gasteiger charge is -2.31. The van der Waals surface area contributed by atoms with Crippen molar-refractivity contribution in [3.05, 3.63) is 23.4 Å². The fourth-order valence-corrected chi connectivity index (χ4v) is 2.79. The standard InChI is InChI=1S/C15H19F3N2O2/c1-9-12(14(21)22-2)6-7-13(19-9)20-11-5-3-4-10(8-11)15(16,17)18/h6-7,10-11H,3-5,8H2,1-2H3,(H,19,20). The first kappa shape index (κ1) is 16.6. The van der Waals surface area contributed by atoms with E-state index in [2.05, 4.69) is 15.0 Å². The number of anilines is 1. The summed E-state index contributed by atoms with van der Waals surface area (Å²) in [5, 5.41) is 3.04. The van der Waals surface area contributed by atoms with Gasteiger partial charge in [0.05, 0.1) is 24.3 Å². The highest BCUT2D eigenvalue weighted by Crippen LogP contribution is 2.38. The summed E-state index contributed by atoms with van der Waals surface area (Å²) in [4.78, 5) is 15.7. The lowest BCUT2D eigenvalue weighted by atomic mass is 9.85. The van der Waals surface area contributed by atoms with Crippen molar-refractivity contribution >= 4 is 11.8 Å². The summed E-state index contributed by atoms with van der Waals surface area (Å²) >= 11 is 0. The monoisotopic (exact) mass is 316 g/mol. The van der Waals surface area contributed by atoms with Gasteiger partial charge in [-0.2, -0.15) is 13.2 Å². The Balaban J connectivity index is 2.04. The second kappa shape index (κ2) is 6.54. The van der Waals surface area contributed by atoms with Gasteiger partial charge in [-0.05, 0) is 38.3 Å². The SMILES string of the molecule is COC(=O)c1ccc(NC2CCCC(C(F)(F)F)C2)nc1C. The smallest absolute Gasteiger partial charge is 0.391 e. The largest absolute Gasteiger partial charge is 0.465 e. The summed E-state index contributed by atoms with van der Waals surface area (Å²) in [6.45, 7) is 1.66. The zero-order valence-electron chi connectivity index (χ0n) is 12.5. The van der Waals surface area contributed by atoms with E-state index in [1.54, 1.807) is 19.1 Å². The zero-order chi connectivity index (χ0) is 16.3. The Morgan fingerprint density at radius 1 is 1.36 bits per heavy atom. The van der Waals surface area contributed by atoms with Crippen LogP contribution in [0.2, 0.25) is 0 Å². The van der Waals surface area contributed by atoms with Crippen LogP contribution in [0.3, 0.4) is 0 Å². The Labute approximate surface area is 127 Å². The number of carbonyl (C=O) groups is 1. The summed E-state index contributed by atoms with van der Waals surface area (Å²) in [7, 11) is 1.28. The minimum absolute atomic E-state index is 0.0585. The molecule has 1 fully saturated rings. The molecule has 2 unspecified atom stereocenters. The van der Waals surface area contributed by atoms with E-state index < -0.39 is 18.1 Å². The fraction of sp³-hybridized carbons (Fsp3) is 0.600. The maximum absolute atomic E-state index is 12.8. The molecule has 1 aromatic heterocycles. The molecule has 1 N–H and O–H groups in total. The number of esters is 1. The molecule has 1 aliphatic rings. The first-order chi connectivity index (χ1) is 10.3. The van der Waals surface area contributed by atoms with Gasteiger partial charge < -0.3 is 10.1 Å². The summed E-state index contributed by atoms with van der Waals surface area (Å²) in [5.74, 6) is -1.25. The van der Waals surface area contributed by atoms with Crippen LogP contribution in [0, 0.1) is 12.8 Å². The van der Waals surface area contributed by atoms with Crippen molar-refractivity contribution in [1.82, 2.24) is 4.98 Å². The Kier molecular flexibility index (Phi) is 4.93. The number of hydrogen-bond acceptors (Lipinski definition) is 4. The number of alkyl halides is 3. The molecule has 0 radical (unpaired) electrons. The molecule has 0 bridgehead atoms. The van der Waals surface area contributed by atoms with Gasteiger partial charge in [0.1, 0.15) is 5.82 Å². The van der Waals surface area contributed by atoms with Gasteiger partial charge in [0, 0.05) is 6.04 Å². The van der Waals surface area contributed by atoms with E-state index in [1.165, 1.54) is 7.11 Å². The van der Waals surface area contributed by atoms with E-state index >= 15 is 0 Å². The molecule has 0 saturated heterocycles. The molecule has 7 heteroatoms. The van der Waals surface area contributed by atoms with Crippen molar-refractivity contribution in [3.63, 3.8) is 0 Å². The van der Waals surface area contributed by atoms with E-state index in [0.717, 1.165) is 0 Å². The highest BCUT2D eigenvalue weighted by molar-refractivity contribution is 5.90. The molecule has 2 rings (SSSR count). The van der Waals surface area contributed by atoms with Crippen LogP contribution in [-0.2, 0) is 4.74 Å². The molecule has 122 valence electrons. The number of hydrogen-bond donors (Lipinski definition) is 1.